The molecular formula is C16H21BrN6. The van der Waals surface area contributed by atoms with Crippen molar-refractivity contribution in [1.29, 1.82) is 0 Å². The fourth-order valence-corrected chi connectivity index (χ4v) is 3.25. The Kier molecular flexibility index (Phi) is 4.95. The van der Waals surface area contributed by atoms with E-state index in [0.29, 0.717) is 6.54 Å². The van der Waals surface area contributed by atoms with Crippen LogP contribution in [0.5, 0.6) is 0 Å². The molecule has 0 saturated heterocycles. The van der Waals surface area contributed by atoms with Gasteiger partial charge in [0, 0.05) is 38.1 Å². The minimum absolute atomic E-state index is 0.639. The van der Waals surface area contributed by atoms with Gasteiger partial charge in [-0.05, 0) is 18.1 Å². The molecule has 0 unspecified atom stereocenters. The molecule has 0 spiro atoms. The van der Waals surface area contributed by atoms with E-state index in [-0.39, 0.29) is 0 Å². The summed E-state index contributed by atoms with van der Waals surface area (Å²) in [4.78, 5) is 6.46. The van der Waals surface area contributed by atoms with Crippen LogP contribution in [0.3, 0.4) is 0 Å². The fourth-order valence-electron chi connectivity index (χ4n) is 2.84. The minimum atomic E-state index is 0.639. The lowest BCUT2D eigenvalue weighted by atomic mass is 10.2. The first-order valence-electron chi connectivity index (χ1n) is 7.75. The molecule has 2 heterocycles. The zero-order valence-electron chi connectivity index (χ0n) is 13.5. The van der Waals surface area contributed by atoms with Crippen LogP contribution < -0.4 is 5.32 Å². The maximum absolute atomic E-state index is 4.37. The Morgan fingerprint density at radius 1 is 1.39 bits per heavy atom. The molecule has 0 radical (unpaired) electrons. The number of rotatable bonds is 4. The number of nitrogens with one attached hydrogen (secondary N) is 1. The molecule has 1 aromatic heterocycles. The van der Waals surface area contributed by atoms with Gasteiger partial charge < -0.3 is 14.8 Å². The van der Waals surface area contributed by atoms with Gasteiger partial charge in [0.05, 0.1) is 6.54 Å². The van der Waals surface area contributed by atoms with Crippen LogP contribution in [0.2, 0.25) is 0 Å². The van der Waals surface area contributed by atoms with Crippen LogP contribution in [0.15, 0.2) is 33.7 Å². The molecule has 0 saturated carbocycles. The van der Waals surface area contributed by atoms with Crippen molar-refractivity contribution in [2.24, 2.45) is 4.99 Å². The molecule has 6 nitrogen and oxygen atoms in total. The van der Waals surface area contributed by atoms with Crippen LogP contribution in [0, 0.1) is 0 Å². The fraction of sp³-hybridized carbons (Fsp3) is 0.438. The Labute approximate surface area is 144 Å². The van der Waals surface area contributed by atoms with Crippen molar-refractivity contribution in [3.8, 4) is 0 Å². The molecule has 7 heteroatoms. The number of hydrogen-bond acceptors (Lipinski definition) is 3. The standard InChI is InChI=1S/C16H21BrN6/c1-18-16(22(2)11-12-6-3-4-7-13(12)17)19-10-15-21-20-14-8-5-9-23(14)15/h3-4,6-7H,5,8-11H2,1-2H3,(H,18,19). The van der Waals surface area contributed by atoms with Crippen molar-refractivity contribution in [1.82, 2.24) is 25.0 Å². The summed E-state index contributed by atoms with van der Waals surface area (Å²) in [5, 5.41) is 11.9. The number of aryl methyl sites for hydroxylation is 1. The predicted molar refractivity (Wildman–Crippen MR) is 94.2 cm³/mol. The third kappa shape index (κ3) is 3.55. The van der Waals surface area contributed by atoms with Crippen molar-refractivity contribution < 1.29 is 0 Å². The van der Waals surface area contributed by atoms with Crippen LogP contribution in [0.4, 0.5) is 0 Å². The first kappa shape index (κ1) is 16.0. The smallest absolute Gasteiger partial charge is 0.194 e. The lowest BCUT2D eigenvalue weighted by Gasteiger charge is -2.22. The van der Waals surface area contributed by atoms with Crippen LogP contribution in [-0.2, 0) is 26.1 Å². The van der Waals surface area contributed by atoms with Crippen molar-refractivity contribution in [3.63, 3.8) is 0 Å². The predicted octanol–water partition coefficient (Wildman–Crippen LogP) is 2.19. The second-order valence-corrected chi connectivity index (χ2v) is 6.49. The Morgan fingerprint density at radius 2 is 2.22 bits per heavy atom. The first-order chi connectivity index (χ1) is 11.2. The van der Waals surface area contributed by atoms with E-state index in [4.69, 9.17) is 0 Å². The summed E-state index contributed by atoms with van der Waals surface area (Å²) in [5.74, 6) is 2.92. The average Bonchev–Trinajstić information content (AvgIpc) is 3.14. The van der Waals surface area contributed by atoms with Crippen LogP contribution in [0.25, 0.3) is 0 Å². The zero-order chi connectivity index (χ0) is 16.2. The van der Waals surface area contributed by atoms with Crippen LogP contribution in [0.1, 0.15) is 23.6 Å². The lowest BCUT2D eigenvalue weighted by Crippen LogP contribution is -2.38. The second kappa shape index (κ2) is 7.12. The van der Waals surface area contributed by atoms with Gasteiger partial charge in [-0.3, -0.25) is 4.99 Å². The van der Waals surface area contributed by atoms with E-state index in [0.717, 1.165) is 48.0 Å². The molecule has 0 fully saturated rings. The number of nitrogens with zero attached hydrogens (tertiary/aromatic N) is 5. The summed E-state index contributed by atoms with van der Waals surface area (Å²) < 4.78 is 3.31. The highest BCUT2D eigenvalue weighted by Crippen LogP contribution is 2.17. The molecule has 0 bridgehead atoms. The number of hydrogen-bond donors (Lipinski definition) is 1. The second-order valence-electron chi connectivity index (χ2n) is 5.64. The van der Waals surface area contributed by atoms with Crippen molar-refractivity contribution >= 4 is 21.9 Å². The molecule has 23 heavy (non-hydrogen) atoms. The summed E-state index contributed by atoms with van der Waals surface area (Å²) in [6.07, 6.45) is 2.19. The Morgan fingerprint density at radius 3 is 3.00 bits per heavy atom. The van der Waals surface area contributed by atoms with E-state index in [9.17, 15) is 0 Å². The SMILES string of the molecule is CN=C(NCc1nnc2n1CCC2)N(C)Cc1ccccc1Br. The molecule has 0 atom stereocenters. The number of aromatic nitrogens is 3. The van der Waals surface area contributed by atoms with Gasteiger partial charge in [-0.2, -0.15) is 0 Å². The van der Waals surface area contributed by atoms with Gasteiger partial charge in [0.2, 0.25) is 0 Å². The highest BCUT2D eigenvalue weighted by atomic mass is 79.9. The van der Waals surface area contributed by atoms with Gasteiger partial charge in [0.1, 0.15) is 5.82 Å². The zero-order valence-corrected chi connectivity index (χ0v) is 15.0. The molecule has 2 aromatic rings. The number of fused-ring (bicyclic) bond motifs is 1. The molecule has 1 aliphatic rings. The minimum Gasteiger partial charge on any atom is -0.349 e. The summed E-state index contributed by atoms with van der Waals surface area (Å²) in [7, 11) is 3.83. The number of guanidine groups is 1. The van der Waals surface area contributed by atoms with E-state index in [2.05, 4.69) is 58.0 Å². The number of benzene rings is 1. The normalized spacial score (nSPS) is 14.0. The van der Waals surface area contributed by atoms with Gasteiger partial charge in [-0.25, -0.2) is 0 Å². The molecule has 3 rings (SSSR count). The Balaban J connectivity index is 1.62. The maximum Gasteiger partial charge on any atom is 0.194 e. The topological polar surface area (TPSA) is 58.3 Å². The average molecular weight is 377 g/mol. The van der Waals surface area contributed by atoms with Gasteiger partial charge in [0.15, 0.2) is 11.8 Å². The van der Waals surface area contributed by atoms with E-state index < -0.39 is 0 Å². The van der Waals surface area contributed by atoms with Crippen molar-refractivity contribution in [3.05, 3.63) is 46.0 Å². The summed E-state index contributed by atoms with van der Waals surface area (Å²) in [5.41, 5.74) is 1.22. The van der Waals surface area contributed by atoms with E-state index >= 15 is 0 Å². The number of aliphatic imine (C=N–C) groups is 1. The third-order valence-corrected chi connectivity index (χ3v) is 4.80. The molecule has 1 aliphatic heterocycles. The quantitative estimate of drug-likeness (QED) is 0.656. The van der Waals surface area contributed by atoms with Crippen LogP contribution in [-0.4, -0.2) is 39.7 Å². The van der Waals surface area contributed by atoms with E-state index in [1.807, 2.05) is 19.2 Å². The van der Waals surface area contributed by atoms with Crippen molar-refractivity contribution in [2.75, 3.05) is 14.1 Å². The van der Waals surface area contributed by atoms with Crippen LogP contribution >= 0.6 is 15.9 Å². The van der Waals surface area contributed by atoms with E-state index in [1.54, 1.807) is 7.05 Å². The maximum atomic E-state index is 4.37. The van der Waals surface area contributed by atoms with Crippen molar-refractivity contribution in [2.45, 2.75) is 32.5 Å². The third-order valence-electron chi connectivity index (χ3n) is 4.03. The molecule has 0 amide bonds. The van der Waals surface area contributed by atoms with Gasteiger partial charge >= 0.3 is 0 Å². The number of halogens is 1. The molecule has 1 N–H and O–H groups in total. The van der Waals surface area contributed by atoms with Gasteiger partial charge in [-0.15, -0.1) is 10.2 Å². The summed E-state index contributed by atoms with van der Waals surface area (Å²) >= 11 is 3.59. The first-order valence-corrected chi connectivity index (χ1v) is 8.54. The molecule has 1 aromatic carbocycles. The highest BCUT2D eigenvalue weighted by molar-refractivity contribution is 9.10. The Bertz CT molecular complexity index is 708. The highest BCUT2D eigenvalue weighted by Gasteiger charge is 2.17. The molecule has 0 aliphatic carbocycles. The van der Waals surface area contributed by atoms with Gasteiger partial charge in [0.25, 0.3) is 0 Å². The summed E-state index contributed by atoms with van der Waals surface area (Å²) in [6, 6.07) is 8.23. The Hall–Kier alpha value is -1.89. The largest absolute Gasteiger partial charge is 0.349 e. The molecule has 122 valence electrons. The molecular weight excluding hydrogens is 356 g/mol. The van der Waals surface area contributed by atoms with E-state index in [1.165, 1.54) is 5.56 Å². The lowest BCUT2D eigenvalue weighted by molar-refractivity contribution is 0.473. The summed E-state index contributed by atoms with van der Waals surface area (Å²) in [6.45, 7) is 2.43. The van der Waals surface area contributed by atoms with Gasteiger partial charge in [-0.1, -0.05) is 34.1 Å². The monoisotopic (exact) mass is 376 g/mol.